The van der Waals surface area contributed by atoms with Crippen LogP contribution in [0.15, 0.2) is 24.3 Å². The van der Waals surface area contributed by atoms with Crippen molar-refractivity contribution in [1.29, 1.82) is 0 Å². The topological polar surface area (TPSA) is 55.1 Å². The van der Waals surface area contributed by atoms with Gasteiger partial charge < -0.3 is 11.1 Å². The summed E-state index contributed by atoms with van der Waals surface area (Å²) in [7, 11) is 0. The van der Waals surface area contributed by atoms with Crippen molar-refractivity contribution in [2.45, 2.75) is 20.3 Å². The van der Waals surface area contributed by atoms with E-state index in [2.05, 4.69) is 41.8 Å². The Hall–Kier alpha value is -0.620. The molecule has 0 bridgehead atoms. The molecular formula is C13H19IN2O. The molecule has 1 aromatic rings. The second kappa shape index (κ2) is 6.96. The molecule has 0 aliphatic heterocycles. The van der Waals surface area contributed by atoms with E-state index in [1.54, 1.807) is 0 Å². The molecule has 1 rings (SSSR count). The van der Waals surface area contributed by atoms with Crippen molar-refractivity contribution in [2.75, 3.05) is 11.9 Å². The molecule has 1 atom stereocenters. The molecule has 17 heavy (non-hydrogen) atoms. The molecule has 0 fully saturated rings. The normalized spacial score (nSPS) is 12.5. The molecule has 3 N–H and O–H groups in total. The highest BCUT2D eigenvalue weighted by Crippen LogP contribution is 2.19. The van der Waals surface area contributed by atoms with Crippen LogP contribution in [0.3, 0.4) is 0 Å². The highest BCUT2D eigenvalue weighted by molar-refractivity contribution is 14.1. The van der Waals surface area contributed by atoms with Gasteiger partial charge in [0.15, 0.2) is 0 Å². The van der Waals surface area contributed by atoms with Crippen molar-refractivity contribution >= 4 is 34.2 Å². The van der Waals surface area contributed by atoms with Crippen molar-refractivity contribution < 1.29 is 4.79 Å². The molecule has 0 heterocycles. The van der Waals surface area contributed by atoms with Crippen LogP contribution >= 0.6 is 22.6 Å². The molecule has 4 heteroatoms. The van der Waals surface area contributed by atoms with E-state index < -0.39 is 0 Å². The Morgan fingerprint density at radius 3 is 2.59 bits per heavy atom. The van der Waals surface area contributed by atoms with E-state index >= 15 is 0 Å². The van der Waals surface area contributed by atoms with Crippen LogP contribution < -0.4 is 11.1 Å². The van der Waals surface area contributed by atoms with E-state index in [-0.39, 0.29) is 11.8 Å². The second-order valence-corrected chi connectivity index (χ2v) is 5.69. The average Bonchev–Trinajstić information content (AvgIpc) is 2.28. The lowest BCUT2D eigenvalue weighted by molar-refractivity contribution is -0.120. The van der Waals surface area contributed by atoms with Gasteiger partial charge in [-0.2, -0.15) is 0 Å². The summed E-state index contributed by atoms with van der Waals surface area (Å²) < 4.78 is 1.04. The molecular weight excluding hydrogens is 327 g/mol. The first kappa shape index (κ1) is 14.4. The number of carbonyl (C=O) groups excluding carboxylic acids is 1. The number of rotatable bonds is 5. The summed E-state index contributed by atoms with van der Waals surface area (Å²) in [6, 6.07) is 7.74. The van der Waals surface area contributed by atoms with Crippen molar-refractivity contribution in [3.8, 4) is 0 Å². The van der Waals surface area contributed by atoms with Crippen LogP contribution in [0.5, 0.6) is 0 Å². The molecule has 0 aromatic heterocycles. The minimum absolute atomic E-state index is 0.0188. The fourth-order valence-corrected chi connectivity index (χ4v) is 2.20. The Kier molecular flexibility index (Phi) is 5.91. The van der Waals surface area contributed by atoms with Crippen molar-refractivity contribution in [1.82, 2.24) is 0 Å². The van der Waals surface area contributed by atoms with E-state index in [0.29, 0.717) is 12.5 Å². The van der Waals surface area contributed by atoms with E-state index in [1.807, 2.05) is 24.3 Å². The number of carbonyl (C=O) groups is 1. The largest absolute Gasteiger partial charge is 0.330 e. The number of para-hydroxylation sites is 1. The molecule has 94 valence electrons. The van der Waals surface area contributed by atoms with E-state index in [0.717, 1.165) is 15.7 Å². The van der Waals surface area contributed by atoms with Gasteiger partial charge in [0, 0.05) is 10.1 Å². The third-order valence-corrected chi connectivity index (χ3v) is 3.48. The highest BCUT2D eigenvalue weighted by Gasteiger charge is 2.18. The lowest BCUT2D eigenvalue weighted by atomic mass is 9.96. The molecule has 0 spiro atoms. The van der Waals surface area contributed by atoms with Gasteiger partial charge in [-0.15, -0.1) is 0 Å². The minimum Gasteiger partial charge on any atom is -0.330 e. The molecule has 1 unspecified atom stereocenters. The lowest BCUT2D eigenvalue weighted by Gasteiger charge is -2.17. The zero-order valence-electron chi connectivity index (χ0n) is 10.2. The molecule has 0 radical (unpaired) electrons. The van der Waals surface area contributed by atoms with Gasteiger partial charge in [-0.05, 0) is 47.1 Å². The predicted molar refractivity (Wildman–Crippen MR) is 79.8 cm³/mol. The summed E-state index contributed by atoms with van der Waals surface area (Å²) in [6.07, 6.45) is 0.825. The average molecular weight is 346 g/mol. The number of hydrogen-bond acceptors (Lipinski definition) is 2. The summed E-state index contributed by atoms with van der Waals surface area (Å²) in [5.41, 5.74) is 6.51. The van der Waals surface area contributed by atoms with Gasteiger partial charge in [0.1, 0.15) is 0 Å². The first-order valence-electron chi connectivity index (χ1n) is 5.80. The third-order valence-electron chi connectivity index (χ3n) is 2.54. The second-order valence-electron chi connectivity index (χ2n) is 4.53. The van der Waals surface area contributed by atoms with Crippen LogP contribution in [0.25, 0.3) is 0 Å². The zero-order valence-corrected chi connectivity index (χ0v) is 12.4. The Morgan fingerprint density at radius 2 is 2.06 bits per heavy atom. The van der Waals surface area contributed by atoms with Gasteiger partial charge in [-0.3, -0.25) is 4.79 Å². The van der Waals surface area contributed by atoms with Crippen molar-refractivity contribution in [3.63, 3.8) is 0 Å². The van der Waals surface area contributed by atoms with E-state index in [9.17, 15) is 4.79 Å². The summed E-state index contributed by atoms with van der Waals surface area (Å²) in [5, 5.41) is 2.94. The Labute approximate surface area is 116 Å². The molecule has 1 amide bonds. The maximum Gasteiger partial charge on any atom is 0.228 e. The van der Waals surface area contributed by atoms with Gasteiger partial charge in [-0.25, -0.2) is 0 Å². The lowest BCUT2D eigenvalue weighted by Crippen LogP contribution is -2.30. The first-order chi connectivity index (χ1) is 8.04. The van der Waals surface area contributed by atoms with Crippen molar-refractivity contribution in [3.05, 3.63) is 27.8 Å². The van der Waals surface area contributed by atoms with Crippen LogP contribution in [-0.2, 0) is 4.79 Å². The Bertz CT molecular complexity index is 379. The fourth-order valence-electron chi connectivity index (χ4n) is 1.68. The van der Waals surface area contributed by atoms with Crippen LogP contribution in [-0.4, -0.2) is 12.5 Å². The van der Waals surface area contributed by atoms with Gasteiger partial charge >= 0.3 is 0 Å². The molecule has 0 aliphatic carbocycles. The Balaban J connectivity index is 2.67. The maximum absolute atomic E-state index is 12.0. The zero-order chi connectivity index (χ0) is 12.8. The third kappa shape index (κ3) is 4.63. The number of amides is 1. The van der Waals surface area contributed by atoms with Gasteiger partial charge in [-0.1, -0.05) is 26.0 Å². The van der Waals surface area contributed by atoms with Gasteiger partial charge in [0.05, 0.1) is 11.6 Å². The number of halogens is 1. The molecule has 0 aliphatic rings. The monoisotopic (exact) mass is 346 g/mol. The summed E-state index contributed by atoms with van der Waals surface area (Å²) in [4.78, 5) is 12.0. The number of benzene rings is 1. The molecule has 0 saturated carbocycles. The SMILES string of the molecule is CC(C)CC(CN)C(=O)Nc1ccccc1I. The number of nitrogens with one attached hydrogen (secondary N) is 1. The molecule has 0 saturated heterocycles. The van der Waals surface area contributed by atoms with Crippen LogP contribution in [0.1, 0.15) is 20.3 Å². The summed E-state index contributed by atoms with van der Waals surface area (Å²) in [6.45, 7) is 4.60. The standard InChI is InChI=1S/C13H19IN2O/c1-9(2)7-10(8-15)13(17)16-12-6-4-3-5-11(12)14/h3-6,9-10H,7-8,15H2,1-2H3,(H,16,17). The van der Waals surface area contributed by atoms with Crippen molar-refractivity contribution in [2.24, 2.45) is 17.6 Å². The van der Waals surface area contributed by atoms with Crippen LogP contribution in [0, 0.1) is 15.4 Å². The molecule has 1 aromatic carbocycles. The number of nitrogens with two attached hydrogens (primary N) is 1. The Morgan fingerprint density at radius 1 is 1.41 bits per heavy atom. The summed E-state index contributed by atoms with van der Waals surface area (Å²) >= 11 is 2.21. The number of anilines is 1. The predicted octanol–water partition coefficient (Wildman–Crippen LogP) is 2.85. The highest BCUT2D eigenvalue weighted by atomic mass is 127. The smallest absolute Gasteiger partial charge is 0.228 e. The van der Waals surface area contributed by atoms with Crippen LogP contribution in [0.4, 0.5) is 5.69 Å². The summed E-state index contributed by atoms with van der Waals surface area (Å²) in [5.74, 6) is 0.389. The van der Waals surface area contributed by atoms with Gasteiger partial charge in [0.2, 0.25) is 5.91 Å². The van der Waals surface area contributed by atoms with Crippen LogP contribution in [0.2, 0.25) is 0 Å². The first-order valence-corrected chi connectivity index (χ1v) is 6.88. The van der Waals surface area contributed by atoms with Gasteiger partial charge in [0.25, 0.3) is 0 Å². The number of hydrogen-bond donors (Lipinski definition) is 2. The fraction of sp³-hybridized carbons (Fsp3) is 0.462. The minimum atomic E-state index is -0.106. The van der Waals surface area contributed by atoms with E-state index in [1.165, 1.54) is 0 Å². The molecule has 3 nitrogen and oxygen atoms in total. The van der Waals surface area contributed by atoms with E-state index in [4.69, 9.17) is 5.73 Å². The maximum atomic E-state index is 12.0. The quantitative estimate of drug-likeness (QED) is 0.806.